The summed E-state index contributed by atoms with van der Waals surface area (Å²) in [5.74, 6) is -5.74. The molecule has 0 saturated carbocycles. The zero-order valence-corrected chi connectivity index (χ0v) is 10.9. The standard InChI is InChI=1S/C14H7ClF4O/c1-6-2-3-9(16)12(13(6)19)14(20)7-4-11(18)8(15)5-10(7)17/h2-5H,1H3. The van der Waals surface area contributed by atoms with Crippen LogP contribution < -0.4 is 0 Å². The van der Waals surface area contributed by atoms with Gasteiger partial charge < -0.3 is 0 Å². The minimum absolute atomic E-state index is 0.0181. The van der Waals surface area contributed by atoms with Gasteiger partial charge in [0.25, 0.3) is 0 Å². The molecule has 20 heavy (non-hydrogen) atoms. The first-order chi connectivity index (χ1) is 9.32. The van der Waals surface area contributed by atoms with Crippen molar-refractivity contribution in [2.45, 2.75) is 6.92 Å². The summed E-state index contributed by atoms with van der Waals surface area (Å²) < 4.78 is 54.3. The molecule has 0 amide bonds. The van der Waals surface area contributed by atoms with Crippen LogP contribution in [0.4, 0.5) is 17.6 Å². The first kappa shape index (κ1) is 14.5. The van der Waals surface area contributed by atoms with Crippen molar-refractivity contribution in [2.75, 3.05) is 0 Å². The monoisotopic (exact) mass is 302 g/mol. The molecule has 0 aromatic heterocycles. The predicted molar refractivity (Wildman–Crippen MR) is 65.9 cm³/mol. The number of hydrogen-bond donors (Lipinski definition) is 0. The molecule has 2 aromatic rings. The van der Waals surface area contributed by atoms with Crippen molar-refractivity contribution in [3.8, 4) is 0 Å². The van der Waals surface area contributed by atoms with E-state index in [1.165, 1.54) is 6.92 Å². The number of ketones is 1. The Morgan fingerprint density at radius 1 is 1.00 bits per heavy atom. The van der Waals surface area contributed by atoms with Crippen LogP contribution in [0.1, 0.15) is 21.5 Å². The largest absolute Gasteiger partial charge is 0.288 e. The molecule has 0 aliphatic rings. The van der Waals surface area contributed by atoms with E-state index in [0.717, 1.165) is 12.1 Å². The predicted octanol–water partition coefficient (Wildman–Crippen LogP) is 4.44. The van der Waals surface area contributed by atoms with Gasteiger partial charge in [-0.3, -0.25) is 4.79 Å². The van der Waals surface area contributed by atoms with Gasteiger partial charge in [-0.05, 0) is 30.7 Å². The van der Waals surface area contributed by atoms with Crippen molar-refractivity contribution in [1.82, 2.24) is 0 Å². The molecule has 0 N–H and O–H groups in total. The molecule has 0 saturated heterocycles. The quantitative estimate of drug-likeness (QED) is 0.455. The van der Waals surface area contributed by atoms with Gasteiger partial charge in [0.05, 0.1) is 16.1 Å². The molecule has 0 unspecified atom stereocenters. The maximum atomic E-state index is 13.8. The highest BCUT2D eigenvalue weighted by Gasteiger charge is 2.24. The number of carbonyl (C=O) groups is 1. The minimum atomic E-state index is -1.28. The number of aryl methyl sites for hydroxylation is 1. The van der Waals surface area contributed by atoms with Crippen molar-refractivity contribution in [3.63, 3.8) is 0 Å². The second-order valence-corrected chi connectivity index (χ2v) is 4.54. The van der Waals surface area contributed by atoms with Gasteiger partial charge in [0, 0.05) is 0 Å². The third kappa shape index (κ3) is 2.41. The highest BCUT2D eigenvalue weighted by Crippen LogP contribution is 2.24. The van der Waals surface area contributed by atoms with E-state index >= 15 is 0 Å². The summed E-state index contributed by atoms with van der Waals surface area (Å²) in [7, 11) is 0. The zero-order chi connectivity index (χ0) is 15.0. The molecule has 0 spiro atoms. The maximum Gasteiger partial charge on any atom is 0.202 e. The Morgan fingerprint density at radius 3 is 2.30 bits per heavy atom. The Labute approximate surface area is 116 Å². The fourth-order valence-electron chi connectivity index (χ4n) is 1.70. The summed E-state index contributed by atoms with van der Waals surface area (Å²) >= 11 is 5.35. The summed E-state index contributed by atoms with van der Waals surface area (Å²) in [6.07, 6.45) is 0. The fraction of sp³-hybridized carbons (Fsp3) is 0.0714. The Balaban J connectivity index is 2.64. The van der Waals surface area contributed by atoms with Gasteiger partial charge in [0.15, 0.2) is 0 Å². The van der Waals surface area contributed by atoms with E-state index < -0.39 is 45.2 Å². The molecule has 0 heterocycles. The molecule has 0 atom stereocenters. The molecule has 104 valence electrons. The first-order valence-electron chi connectivity index (χ1n) is 5.46. The summed E-state index contributed by atoms with van der Waals surface area (Å²) in [4.78, 5) is 12.0. The number of halogens is 5. The lowest BCUT2D eigenvalue weighted by Gasteiger charge is -2.08. The van der Waals surface area contributed by atoms with Gasteiger partial charge in [-0.25, -0.2) is 17.6 Å². The zero-order valence-electron chi connectivity index (χ0n) is 10.1. The molecule has 0 fully saturated rings. The second-order valence-electron chi connectivity index (χ2n) is 4.13. The van der Waals surface area contributed by atoms with Crippen LogP contribution in [0.3, 0.4) is 0 Å². The lowest BCUT2D eigenvalue weighted by molar-refractivity contribution is 0.102. The average molecular weight is 303 g/mol. The van der Waals surface area contributed by atoms with Crippen LogP contribution in [0.2, 0.25) is 5.02 Å². The Bertz CT molecular complexity index is 713. The Kier molecular flexibility index (Phi) is 3.81. The summed E-state index contributed by atoms with van der Waals surface area (Å²) in [6.45, 7) is 1.32. The molecule has 0 aliphatic heterocycles. The number of hydrogen-bond acceptors (Lipinski definition) is 1. The van der Waals surface area contributed by atoms with E-state index in [1.54, 1.807) is 0 Å². The summed E-state index contributed by atoms with van der Waals surface area (Å²) in [5.41, 5.74) is -1.69. The number of rotatable bonds is 2. The topological polar surface area (TPSA) is 17.1 Å². The number of benzene rings is 2. The van der Waals surface area contributed by atoms with Crippen molar-refractivity contribution in [3.05, 3.63) is 69.2 Å². The highest BCUT2D eigenvalue weighted by atomic mass is 35.5. The van der Waals surface area contributed by atoms with E-state index in [0.29, 0.717) is 12.1 Å². The molecule has 2 rings (SSSR count). The first-order valence-corrected chi connectivity index (χ1v) is 5.84. The molecule has 0 aliphatic carbocycles. The van der Waals surface area contributed by atoms with Crippen molar-refractivity contribution in [2.24, 2.45) is 0 Å². The molecule has 6 heteroatoms. The van der Waals surface area contributed by atoms with Gasteiger partial charge in [-0.1, -0.05) is 17.7 Å². The normalized spacial score (nSPS) is 10.7. The van der Waals surface area contributed by atoms with Crippen LogP contribution in [-0.4, -0.2) is 5.78 Å². The van der Waals surface area contributed by atoms with Gasteiger partial charge in [0.1, 0.15) is 23.3 Å². The second kappa shape index (κ2) is 5.25. The smallest absolute Gasteiger partial charge is 0.202 e. The van der Waals surface area contributed by atoms with Gasteiger partial charge in [-0.2, -0.15) is 0 Å². The van der Waals surface area contributed by atoms with Gasteiger partial charge >= 0.3 is 0 Å². The highest BCUT2D eigenvalue weighted by molar-refractivity contribution is 6.30. The molecular formula is C14H7ClF4O. The Morgan fingerprint density at radius 2 is 1.65 bits per heavy atom. The third-order valence-electron chi connectivity index (χ3n) is 2.77. The molecule has 1 nitrogen and oxygen atoms in total. The van der Waals surface area contributed by atoms with Crippen LogP contribution >= 0.6 is 11.6 Å². The van der Waals surface area contributed by atoms with Crippen LogP contribution in [-0.2, 0) is 0 Å². The van der Waals surface area contributed by atoms with E-state index in [9.17, 15) is 22.4 Å². The third-order valence-corrected chi connectivity index (χ3v) is 3.06. The van der Waals surface area contributed by atoms with Crippen LogP contribution in [0, 0.1) is 30.2 Å². The van der Waals surface area contributed by atoms with Gasteiger partial charge in [-0.15, -0.1) is 0 Å². The van der Waals surface area contributed by atoms with Crippen LogP contribution in [0.15, 0.2) is 24.3 Å². The SMILES string of the molecule is Cc1ccc(F)c(C(=O)c2cc(F)c(Cl)cc2F)c1F. The van der Waals surface area contributed by atoms with E-state index in [-0.39, 0.29) is 5.56 Å². The van der Waals surface area contributed by atoms with E-state index in [4.69, 9.17) is 11.6 Å². The summed E-state index contributed by atoms with van der Waals surface area (Å²) in [5, 5.41) is -0.524. The molecule has 0 bridgehead atoms. The molecule has 2 aromatic carbocycles. The molecular weight excluding hydrogens is 296 g/mol. The fourth-order valence-corrected chi connectivity index (χ4v) is 1.85. The lowest BCUT2D eigenvalue weighted by Crippen LogP contribution is -2.11. The minimum Gasteiger partial charge on any atom is -0.288 e. The maximum absolute atomic E-state index is 13.8. The average Bonchev–Trinajstić information content (AvgIpc) is 2.38. The van der Waals surface area contributed by atoms with E-state index in [1.807, 2.05) is 0 Å². The van der Waals surface area contributed by atoms with Gasteiger partial charge in [0.2, 0.25) is 5.78 Å². The summed E-state index contributed by atoms with van der Waals surface area (Å²) in [6, 6.07) is 3.12. The van der Waals surface area contributed by atoms with E-state index in [2.05, 4.69) is 0 Å². The molecule has 0 radical (unpaired) electrons. The van der Waals surface area contributed by atoms with Crippen LogP contribution in [0.25, 0.3) is 0 Å². The van der Waals surface area contributed by atoms with Crippen LogP contribution in [0.5, 0.6) is 0 Å². The van der Waals surface area contributed by atoms with Crippen molar-refractivity contribution < 1.29 is 22.4 Å². The number of carbonyl (C=O) groups excluding carboxylic acids is 1. The van der Waals surface area contributed by atoms with Crippen molar-refractivity contribution in [1.29, 1.82) is 0 Å². The lowest BCUT2D eigenvalue weighted by atomic mass is 9.99. The Hall–Kier alpha value is -1.88. The van der Waals surface area contributed by atoms with Crippen molar-refractivity contribution >= 4 is 17.4 Å².